The molecule has 144 valence electrons. The van der Waals surface area contributed by atoms with Crippen molar-refractivity contribution < 1.29 is 0 Å². The molecule has 2 heterocycles. The summed E-state index contributed by atoms with van der Waals surface area (Å²) < 4.78 is 0. The zero-order chi connectivity index (χ0) is 19.9. The van der Waals surface area contributed by atoms with Gasteiger partial charge in [-0.1, -0.05) is 97.1 Å². The van der Waals surface area contributed by atoms with Gasteiger partial charge in [-0.2, -0.15) is 0 Å². The number of rotatable bonds is 4. The van der Waals surface area contributed by atoms with E-state index in [1.165, 1.54) is 39.0 Å². The molecule has 0 amide bonds. The molecule has 1 fully saturated rings. The van der Waals surface area contributed by atoms with Gasteiger partial charge in [0.1, 0.15) is 0 Å². The minimum Gasteiger partial charge on any atom is -0.354 e. The van der Waals surface area contributed by atoms with Gasteiger partial charge in [0.05, 0.1) is 17.8 Å². The third kappa shape index (κ3) is 2.73. The van der Waals surface area contributed by atoms with Crippen LogP contribution in [0.2, 0.25) is 0 Å². The topological polar surface area (TPSA) is 18.8 Å². The lowest BCUT2D eigenvalue weighted by molar-refractivity contribution is 1.04. The Morgan fingerprint density at radius 1 is 0.567 bits per heavy atom. The molecule has 4 aromatic carbocycles. The van der Waals surface area contributed by atoms with Gasteiger partial charge in [0.25, 0.3) is 0 Å². The summed E-state index contributed by atoms with van der Waals surface area (Å²) in [5.41, 5.74) is 7.65. The lowest BCUT2D eigenvalue weighted by Gasteiger charge is -2.08. The fourth-order valence-corrected chi connectivity index (χ4v) is 4.75. The van der Waals surface area contributed by atoms with E-state index in [2.05, 4.69) is 125 Å². The molecule has 5 aromatic rings. The molecule has 0 saturated carbocycles. The first-order valence-electron chi connectivity index (χ1n) is 10.5. The van der Waals surface area contributed by atoms with Crippen LogP contribution in [0.1, 0.15) is 23.2 Å². The number of nitrogens with zero attached hydrogens (tertiary/aromatic N) is 1. The highest BCUT2D eigenvalue weighted by Crippen LogP contribution is 2.59. The minimum atomic E-state index is 0.293. The number of nitrogens with one attached hydrogen (secondary N) is 1. The number of hydrogen-bond acceptors (Lipinski definition) is 1. The van der Waals surface area contributed by atoms with E-state index in [1.807, 2.05) is 0 Å². The number of fused-ring (bicyclic) bond motifs is 1. The Balaban J connectivity index is 1.57. The normalized spacial score (nSPS) is 17.9. The van der Waals surface area contributed by atoms with Crippen molar-refractivity contribution in [3.8, 4) is 11.3 Å². The predicted octanol–water partition coefficient (Wildman–Crippen LogP) is 7.14. The van der Waals surface area contributed by atoms with Crippen molar-refractivity contribution in [2.24, 2.45) is 0 Å². The molecule has 0 radical (unpaired) electrons. The van der Waals surface area contributed by atoms with Crippen molar-refractivity contribution in [2.45, 2.75) is 12.1 Å². The van der Waals surface area contributed by atoms with Gasteiger partial charge in [-0.05, 0) is 29.3 Å². The highest BCUT2D eigenvalue weighted by atomic mass is 15.4. The lowest BCUT2D eigenvalue weighted by atomic mass is 9.98. The van der Waals surface area contributed by atoms with E-state index in [0.717, 1.165) is 0 Å². The van der Waals surface area contributed by atoms with Crippen molar-refractivity contribution in [3.05, 3.63) is 126 Å². The Morgan fingerprint density at radius 2 is 1.17 bits per heavy atom. The summed E-state index contributed by atoms with van der Waals surface area (Å²) in [6, 6.07) is 41.6. The van der Waals surface area contributed by atoms with Gasteiger partial charge in [-0.25, -0.2) is 0 Å². The fraction of sp³-hybridized carbons (Fsp3) is 0.0714. The molecule has 0 bridgehead atoms. The summed E-state index contributed by atoms with van der Waals surface area (Å²) in [6.45, 7) is 0. The van der Waals surface area contributed by atoms with E-state index in [-0.39, 0.29) is 0 Å². The van der Waals surface area contributed by atoms with Crippen LogP contribution in [-0.4, -0.2) is 4.98 Å². The average Bonchev–Trinajstić information content (AvgIpc) is 3.45. The molecule has 1 aliphatic rings. The van der Waals surface area contributed by atoms with E-state index >= 15 is 0 Å². The Morgan fingerprint density at radius 3 is 1.90 bits per heavy atom. The molecule has 30 heavy (non-hydrogen) atoms. The Bertz CT molecular complexity index is 1240. The van der Waals surface area contributed by atoms with E-state index in [4.69, 9.17) is 0 Å². The number of hydrogen-bond donors (Lipinski definition) is 1. The highest BCUT2D eigenvalue weighted by Gasteiger charge is 2.51. The van der Waals surface area contributed by atoms with Crippen LogP contribution in [-0.2, 0) is 0 Å². The molecular formula is C28H22N2. The summed E-state index contributed by atoms with van der Waals surface area (Å²) in [6.07, 6.45) is 0. The summed E-state index contributed by atoms with van der Waals surface area (Å²) in [4.78, 5) is 6.26. The second-order valence-corrected chi connectivity index (χ2v) is 7.87. The first kappa shape index (κ1) is 17.1. The zero-order valence-corrected chi connectivity index (χ0v) is 16.6. The third-order valence-corrected chi connectivity index (χ3v) is 6.11. The van der Waals surface area contributed by atoms with Crippen molar-refractivity contribution in [3.63, 3.8) is 0 Å². The van der Waals surface area contributed by atoms with Crippen LogP contribution in [0.25, 0.3) is 22.2 Å². The molecule has 1 aromatic heterocycles. The van der Waals surface area contributed by atoms with Crippen LogP contribution < -0.4 is 4.90 Å². The van der Waals surface area contributed by atoms with Crippen molar-refractivity contribution in [1.82, 2.24) is 4.98 Å². The molecule has 1 N–H and O–H groups in total. The van der Waals surface area contributed by atoms with E-state index < -0.39 is 0 Å². The largest absolute Gasteiger partial charge is 0.354 e. The van der Waals surface area contributed by atoms with E-state index in [9.17, 15) is 0 Å². The van der Waals surface area contributed by atoms with Gasteiger partial charge >= 0.3 is 0 Å². The maximum absolute atomic E-state index is 3.72. The van der Waals surface area contributed by atoms with Crippen molar-refractivity contribution in [2.75, 3.05) is 4.90 Å². The van der Waals surface area contributed by atoms with Gasteiger partial charge in [-0.3, -0.25) is 0 Å². The molecule has 1 aliphatic heterocycles. The van der Waals surface area contributed by atoms with Gasteiger partial charge in [0, 0.05) is 22.2 Å². The first-order valence-corrected chi connectivity index (χ1v) is 10.5. The van der Waals surface area contributed by atoms with Crippen LogP contribution in [0.15, 0.2) is 115 Å². The second-order valence-electron chi connectivity index (χ2n) is 7.87. The van der Waals surface area contributed by atoms with Crippen LogP contribution in [0.5, 0.6) is 0 Å². The quantitative estimate of drug-likeness (QED) is 0.325. The molecule has 1 saturated heterocycles. The molecule has 0 spiro atoms. The summed E-state index contributed by atoms with van der Waals surface area (Å²) in [5.74, 6) is 0. The van der Waals surface area contributed by atoms with Gasteiger partial charge in [0.2, 0.25) is 0 Å². The van der Waals surface area contributed by atoms with Crippen LogP contribution >= 0.6 is 0 Å². The molecule has 2 atom stereocenters. The molecule has 2 nitrogen and oxygen atoms in total. The average molecular weight is 386 g/mol. The number of para-hydroxylation sites is 2. The second kappa shape index (κ2) is 6.93. The minimum absolute atomic E-state index is 0.293. The Labute approximate surface area is 176 Å². The molecular weight excluding hydrogens is 364 g/mol. The lowest BCUT2D eigenvalue weighted by Crippen LogP contribution is -1.96. The number of aromatic nitrogens is 1. The molecule has 6 rings (SSSR count). The number of aromatic amines is 1. The van der Waals surface area contributed by atoms with Crippen molar-refractivity contribution in [1.29, 1.82) is 0 Å². The fourth-order valence-electron chi connectivity index (χ4n) is 4.75. The summed E-state index contributed by atoms with van der Waals surface area (Å²) in [5, 5.41) is 1.31. The first-order chi connectivity index (χ1) is 14.9. The number of H-pyrrole nitrogens is 1. The SMILES string of the molecule is c1ccc(-c2[nH]c3ccccc3c2C2C(c3ccccc3)N2c2ccccc2)cc1. The smallest absolute Gasteiger partial charge is 0.0822 e. The zero-order valence-electron chi connectivity index (χ0n) is 16.6. The van der Waals surface area contributed by atoms with Crippen LogP contribution in [0.3, 0.4) is 0 Å². The van der Waals surface area contributed by atoms with Crippen LogP contribution in [0, 0.1) is 0 Å². The van der Waals surface area contributed by atoms with Gasteiger partial charge in [-0.15, -0.1) is 0 Å². The molecule has 2 heteroatoms. The maximum Gasteiger partial charge on any atom is 0.0822 e. The predicted molar refractivity (Wildman–Crippen MR) is 125 cm³/mol. The van der Waals surface area contributed by atoms with E-state index in [1.54, 1.807) is 0 Å². The monoisotopic (exact) mass is 386 g/mol. The van der Waals surface area contributed by atoms with Gasteiger partial charge < -0.3 is 9.88 Å². The highest BCUT2D eigenvalue weighted by molar-refractivity contribution is 5.93. The van der Waals surface area contributed by atoms with Crippen LogP contribution in [0.4, 0.5) is 5.69 Å². The van der Waals surface area contributed by atoms with Gasteiger partial charge in [0.15, 0.2) is 0 Å². The summed E-state index contributed by atoms with van der Waals surface area (Å²) in [7, 11) is 0. The third-order valence-electron chi connectivity index (χ3n) is 6.11. The van der Waals surface area contributed by atoms with E-state index in [0.29, 0.717) is 12.1 Å². The Kier molecular flexibility index (Phi) is 3.95. The number of anilines is 1. The number of benzene rings is 4. The Hall–Kier alpha value is -3.78. The van der Waals surface area contributed by atoms with Crippen molar-refractivity contribution >= 4 is 16.6 Å². The standard InChI is InChI=1S/C28H22N2/c1-4-12-20(13-5-1)26-25(23-18-10-11-19-24(23)29-26)28-27(21-14-6-2-7-15-21)30(28)22-16-8-3-9-17-22/h1-19,27-29H. The molecule has 0 aliphatic carbocycles. The molecule has 2 unspecified atom stereocenters. The maximum atomic E-state index is 3.72. The summed E-state index contributed by atoms with van der Waals surface area (Å²) >= 11 is 0.